The summed E-state index contributed by atoms with van der Waals surface area (Å²) < 4.78 is 5.16. The van der Waals surface area contributed by atoms with Crippen LogP contribution >= 0.6 is 0 Å². The third kappa shape index (κ3) is 2.59. The lowest BCUT2D eigenvalue weighted by atomic mass is 10.2. The van der Waals surface area contributed by atoms with E-state index in [9.17, 15) is 9.59 Å². The predicted octanol–water partition coefficient (Wildman–Crippen LogP) is -0.347. The number of carbonyl (C=O) groups is 2. The molecule has 0 spiro atoms. The van der Waals surface area contributed by atoms with Crippen LogP contribution in [0.25, 0.3) is 0 Å². The molecule has 1 aliphatic heterocycles. The van der Waals surface area contributed by atoms with E-state index in [0.29, 0.717) is 26.3 Å². The number of morpholine rings is 1. The normalized spacial score (nSPS) is 15.6. The van der Waals surface area contributed by atoms with Crippen molar-refractivity contribution in [1.29, 1.82) is 0 Å². The smallest absolute Gasteiger partial charge is 0.272 e. The highest BCUT2D eigenvalue weighted by molar-refractivity contribution is 5.95. The minimum atomic E-state index is -0.637. The van der Waals surface area contributed by atoms with Crippen molar-refractivity contribution in [3.8, 4) is 0 Å². The van der Waals surface area contributed by atoms with E-state index >= 15 is 0 Å². The van der Waals surface area contributed by atoms with Crippen molar-refractivity contribution in [2.24, 2.45) is 5.73 Å². The first-order valence-corrected chi connectivity index (χ1v) is 5.32. The van der Waals surface area contributed by atoms with Gasteiger partial charge in [-0.25, -0.2) is 4.98 Å². The summed E-state index contributed by atoms with van der Waals surface area (Å²) in [4.78, 5) is 28.6. The molecule has 0 unspecified atom stereocenters. The maximum Gasteiger partial charge on any atom is 0.272 e. The second-order valence-corrected chi connectivity index (χ2v) is 3.68. The molecule has 0 bridgehead atoms. The van der Waals surface area contributed by atoms with Gasteiger partial charge in [-0.15, -0.1) is 0 Å². The van der Waals surface area contributed by atoms with Crippen molar-refractivity contribution >= 4 is 11.8 Å². The van der Waals surface area contributed by atoms with E-state index in [4.69, 9.17) is 10.5 Å². The number of hydrogen-bond donors (Lipinski definition) is 1. The lowest BCUT2D eigenvalue weighted by Crippen LogP contribution is -2.41. The van der Waals surface area contributed by atoms with Gasteiger partial charge in [-0.3, -0.25) is 9.59 Å². The topological polar surface area (TPSA) is 85.5 Å². The molecule has 2 heterocycles. The lowest BCUT2D eigenvalue weighted by Gasteiger charge is -2.26. The Morgan fingerprint density at radius 2 is 1.88 bits per heavy atom. The van der Waals surface area contributed by atoms with E-state index < -0.39 is 5.91 Å². The molecule has 0 aromatic carbocycles. The van der Waals surface area contributed by atoms with Crippen LogP contribution in [0.5, 0.6) is 0 Å². The number of hydrogen-bond acceptors (Lipinski definition) is 4. The zero-order valence-corrected chi connectivity index (χ0v) is 9.26. The van der Waals surface area contributed by atoms with E-state index in [1.165, 1.54) is 6.07 Å². The van der Waals surface area contributed by atoms with Crippen LogP contribution in [-0.4, -0.2) is 48.0 Å². The fraction of sp³-hybridized carbons (Fsp3) is 0.364. The number of nitrogens with zero attached hydrogens (tertiary/aromatic N) is 2. The molecule has 0 saturated carbocycles. The van der Waals surface area contributed by atoms with Crippen LogP contribution in [0.4, 0.5) is 0 Å². The van der Waals surface area contributed by atoms with Crippen molar-refractivity contribution in [3.63, 3.8) is 0 Å². The average molecular weight is 235 g/mol. The Bertz CT molecular complexity index is 441. The van der Waals surface area contributed by atoms with Crippen molar-refractivity contribution in [2.75, 3.05) is 26.3 Å². The van der Waals surface area contributed by atoms with Crippen molar-refractivity contribution in [2.45, 2.75) is 0 Å². The van der Waals surface area contributed by atoms with Gasteiger partial charge in [0.05, 0.1) is 13.2 Å². The number of ether oxygens (including phenoxy) is 1. The Labute approximate surface area is 98.4 Å². The van der Waals surface area contributed by atoms with Crippen molar-refractivity contribution in [3.05, 3.63) is 29.6 Å². The summed E-state index contributed by atoms with van der Waals surface area (Å²) in [5, 5.41) is 0. The van der Waals surface area contributed by atoms with Gasteiger partial charge in [-0.1, -0.05) is 6.07 Å². The second kappa shape index (κ2) is 4.92. The molecular formula is C11H13N3O3. The van der Waals surface area contributed by atoms with Gasteiger partial charge < -0.3 is 15.4 Å². The Hall–Kier alpha value is -1.95. The van der Waals surface area contributed by atoms with Crippen LogP contribution < -0.4 is 5.73 Å². The van der Waals surface area contributed by atoms with E-state index in [0.717, 1.165) is 0 Å². The zero-order chi connectivity index (χ0) is 12.3. The summed E-state index contributed by atoms with van der Waals surface area (Å²) >= 11 is 0. The number of carbonyl (C=O) groups excluding carboxylic acids is 2. The molecule has 6 heteroatoms. The Morgan fingerprint density at radius 3 is 2.53 bits per heavy atom. The standard InChI is InChI=1S/C11H13N3O3/c12-10(15)8-2-1-3-9(13-8)11(16)14-4-6-17-7-5-14/h1-3H,4-7H2,(H2,12,15). The highest BCUT2D eigenvalue weighted by atomic mass is 16.5. The van der Waals surface area contributed by atoms with Gasteiger partial charge in [-0.05, 0) is 12.1 Å². The molecule has 17 heavy (non-hydrogen) atoms. The molecular weight excluding hydrogens is 222 g/mol. The lowest BCUT2D eigenvalue weighted by molar-refractivity contribution is 0.0299. The van der Waals surface area contributed by atoms with Gasteiger partial charge in [0, 0.05) is 13.1 Å². The second-order valence-electron chi connectivity index (χ2n) is 3.68. The molecule has 0 atom stereocenters. The van der Waals surface area contributed by atoms with Gasteiger partial charge in [-0.2, -0.15) is 0 Å². The molecule has 1 fully saturated rings. The van der Waals surface area contributed by atoms with E-state index in [1.54, 1.807) is 17.0 Å². The number of primary amides is 1. The zero-order valence-electron chi connectivity index (χ0n) is 9.26. The molecule has 1 aromatic heterocycles. The molecule has 1 saturated heterocycles. The summed E-state index contributed by atoms with van der Waals surface area (Å²) in [6, 6.07) is 4.66. The molecule has 0 aliphatic carbocycles. The Kier molecular flexibility index (Phi) is 3.34. The van der Waals surface area contributed by atoms with Crippen LogP contribution in [0.15, 0.2) is 18.2 Å². The molecule has 2 N–H and O–H groups in total. The summed E-state index contributed by atoms with van der Waals surface area (Å²) in [7, 11) is 0. The van der Waals surface area contributed by atoms with Gasteiger partial charge in [0.25, 0.3) is 11.8 Å². The fourth-order valence-electron chi connectivity index (χ4n) is 1.62. The van der Waals surface area contributed by atoms with E-state index in [2.05, 4.69) is 4.98 Å². The predicted molar refractivity (Wildman–Crippen MR) is 59.5 cm³/mol. The van der Waals surface area contributed by atoms with Gasteiger partial charge >= 0.3 is 0 Å². The molecule has 2 amide bonds. The SMILES string of the molecule is NC(=O)c1cccc(C(=O)N2CCOCC2)n1. The molecule has 1 aliphatic rings. The number of rotatable bonds is 2. The average Bonchev–Trinajstić information content (AvgIpc) is 2.39. The summed E-state index contributed by atoms with van der Waals surface area (Å²) in [6.07, 6.45) is 0. The molecule has 1 aromatic rings. The molecule has 6 nitrogen and oxygen atoms in total. The van der Waals surface area contributed by atoms with E-state index in [1.807, 2.05) is 0 Å². The Balaban J connectivity index is 2.18. The third-order valence-corrected chi connectivity index (χ3v) is 2.52. The number of pyridine rings is 1. The van der Waals surface area contributed by atoms with Crippen LogP contribution in [0, 0.1) is 0 Å². The first-order chi connectivity index (χ1) is 8.18. The third-order valence-electron chi connectivity index (χ3n) is 2.52. The van der Waals surface area contributed by atoms with Crippen molar-refractivity contribution in [1.82, 2.24) is 9.88 Å². The summed E-state index contributed by atoms with van der Waals surface area (Å²) in [5.74, 6) is -0.835. The van der Waals surface area contributed by atoms with Gasteiger partial charge in [0.15, 0.2) is 0 Å². The number of aromatic nitrogens is 1. The molecule has 0 radical (unpaired) electrons. The highest BCUT2D eigenvalue weighted by Crippen LogP contribution is 2.06. The van der Waals surface area contributed by atoms with Gasteiger partial charge in [0.1, 0.15) is 11.4 Å². The van der Waals surface area contributed by atoms with Gasteiger partial charge in [0.2, 0.25) is 0 Å². The van der Waals surface area contributed by atoms with E-state index in [-0.39, 0.29) is 17.3 Å². The van der Waals surface area contributed by atoms with Crippen LogP contribution in [-0.2, 0) is 4.74 Å². The highest BCUT2D eigenvalue weighted by Gasteiger charge is 2.20. The number of nitrogens with two attached hydrogens (primary N) is 1. The van der Waals surface area contributed by atoms with Crippen LogP contribution in [0.1, 0.15) is 21.0 Å². The minimum absolute atomic E-state index is 0.101. The quantitative estimate of drug-likeness (QED) is 0.759. The maximum absolute atomic E-state index is 12.0. The maximum atomic E-state index is 12.0. The van der Waals surface area contributed by atoms with Crippen LogP contribution in [0.3, 0.4) is 0 Å². The fourth-order valence-corrected chi connectivity index (χ4v) is 1.62. The summed E-state index contributed by atoms with van der Waals surface area (Å²) in [5.41, 5.74) is 5.46. The van der Waals surface area contributed by atoms with Crippen molar-refractivity contribution < 1.29 is 14.3 Å². The summed E-state index contributed by atoms with van der Waals surface area (Å²) in [6.45, 7) is 2.14. The molecule has 90 valence electrons. The Morgan fingerprint density at radius 1 is 1.24 bits per heavy atom. The molecule has 2 rings (SSSR count). The monoisotopic (exact) mass is 235 g/mol. The first kappa shape index (κ1) is 11.5. The largest absolute Gasteiger partial charge is 0.378 e. The first-order valence-electron chi connectivity index (χ1n) is 5.32. The minimum Gasteiger partial charge on any atom is -0.378 e. The van der Waals surface area contributed by atoms with Crippen LogP contribution in [0.2, 0.25) is 0 Å². The number of amides is 2.